The van der Waals surface area contributed by atoms with Crippen LogP contribution in [-0.2, 0) is 0 Å². The third-order valence-electron chi connectivity index (χ3n) is 3.01. The van der Waals surface area contributed by atoms with Crippen molar-refractivity contribution in [3.8, 4) is 11.1 Å². The smallest absolute Gasteiger partial charge is 0.870 e. The molecule has 0 aromatic heterocycles. The average Bonchev–Trinajstić information content (AvgIpc) is 2.39. The number of fused-ring (bicyclic) bond motifs is 1. The molecule has 0 radical (unpaired) electrons. The zero-order valence-corrected chi connectivity index (χ0v) is 10.3. The molecule has 0 spiro atoms. The maximum atomic E-state index is 5.72. The van der Waals surface area contributed by atoms with Crippen LogP contribution in [0, 0.1) is 0 Å². The van der Waals surface area contributed by atoms with E-state index in [-0.39, 0.29) is 11.0 Å². The second-order valence-corrected chi connectivity index (χ2v) is 4.15. The van der Waals surface area contributed by atoms with Crippen LogP contribution in [-0.4, -0.2) is 18.8 Å². The molecule has 0 bridgehead atoms. The van der Waals surface area contributed by atoms with Crippen LogP contribution in [0.25, 0.3) is 21.9 Å². The van der Waals surface area contributed by atoms with E-state index in [2.05, 4.69) is 54.6 Å². The van der Waals surface area contributed by atoms with Crippen molar-refractivity contribution < 1.29 is 11.0 Å². The van der Waals surface area contributed by atoms with Gasteiger partial charge in [0, 0.05) is 0 Å². The summed E-state index contributed by atoms with van der Waals surface area (Å²) in [6.07, 6.45) is 0. The van der Waals surface area contributed by atoms with Crippen LogP contribution in [0.2, 0.25) is 0 Å². The van der Waals surface area contributed by atoms with Gasteiger partial charge in [0.15, 0.2) is 0 Å². The van der Waals surface area contributed by atoms with Crippen LogP contribution in [0.5, 0.6) is 0 Å². The predicted octanol–water partition coefficient (Wildman–Crippen LogP) is 2.95. The fraction of sp³-hybridized carbons (Fsp3) is 0. The minimum Gasteiger partial charge on any atom is -0.870 e. The monoisotopic (exact) mass is 248 g/mol. The summed E-state index contributed by atoms with van der Waals surface area (Å²) in [5.74, 6) is 0. The third-order valence-corrected chi connectivity index (χ3v) is 3.01. The molecule has 0 fully saturated rings. The van der Waals surface area contributed by atoms with Gasteiger partial charge < -0.3 is 11.0 Å². The van der Waals surface area contributed by atoms with Crippen LogP contribution in [0.1, 0.15) is 0 Å². The standard InChI is InChI=1S/C16H11B.2H2O/c17-14-10-8-13(9-11-14)16-7-3-5-12-4-1-2-6-15(12)16;;/h1-11H;2*1H2/q+2;;/p-2. The topological polar surface area (TPSA) is 60.0 Å². The Morgan fingerprint density at radius 3 is 2.00 bits per heavy atom. The Morgan fingerprint density at radius 1 is 0.632 bits per heavy atom. The van der Waals surface area contributed by atoms with Crippen LogP contribution >= 0.6 is 0 Å². The summed E-state index contributed by atoms with van der Waals surface area (Å²) in [6.45, 7) is 0. The molecule has 3 aromatic carbocycles. The van der Waals surface area contributed by atoms with E-state index in [1.165, 1.54) is 21.9 Å². The molecule has 0 heterocycles. The van der Waals surface area contributed by atoms with Gasteiger partial charge in [0.25, 0.3) is 0 Å². The minimum atomic E-state index is 0. The summed E-state index contributed by atoms with van der Waals surface area (Å²) < 4.78 is 0. The van der Waals surface area contributed by atoms with Crippen molar-refractivity contribution in [1.29, 1.82) is 0 Å². The first-order valence-corrected chi connectivity index (χ1v) is 5.68. The second-order valence-electron chi connectivity index (χ2n) is 4.15. The number of benzene rings is 3. The van der Waals surface area contributed by atoms with Crippen molar-refractivity contribution in [3.63, 3.8) is 0 Å². The Morgan fingerprint density at radius 2 is 1.26 bits per heavy atom. The van der Waals surface area contributed by atoms with Gasteiger partial charge in [-0.3, -0.25) is 0 Å². The van der Waals surface area contributed by atoms with E-state index in [1.807, 2.05) is 12.1 Å². The molecule has 0 saturated carbocycles. The first-order valence-electron chi connectivity index (χ1n) is 5.68. The zero-order valence-electron chi connectivity index (χ0n) is 10.3. The van der Waals surface area contributed by atoms with E-state index in [4.69, 9.17) is 7.85 Å². The Kier molecular flexibility index (Phi) is 4.87. The van der Waals surface area contributed by atoms with Crippen molar-refractivity contribution in [2.24, 2.45) is 0 Å². The normalized spacial score (nSPS) is 9.58. The molecule has 0 saturated heterocycles. The van der Waals surface area contributed by atoms with Crippen LogP contribution in [0.15, 0.2) is 66.7 Å². The van der Waals surface area contributed by atoms with Crippen molar-refractivity contribution in [2.45, 2.75) is 0 Å². The molecule has 0 amide bonds. The Balaban J connectivity index is 0.000000902. The van der Waals surface area contributed by atoms with Gasteiger partial charge in [-0.1, -0.05) is 0 Å². The molecule has 3 aromatic rings. The van der Waals surface area contributed by atoms with Gasteiger partial charge in [0.2, 0.25) is 0 Å². The third kappa shape index (κ3) is 2.84. The fourth-order valence-corrected chi connectivity index (χ4v) is 2.14. The van der Waals surface area contributed by atoms with Gasteiger partial charge in [-0.05, 0) is 0 Å². The molecule has 92 valence electrons. The first-order chi connectivity index (χ1) is 8.34. The summed E-state index contributed by atoms with van der Waals surface area (Å²) in [7, 11) is 5.72. The summed E-state index contributed by atoms with van der Waals surface area (Å²) in [6, 6.07) is 22.8. The SMILES string of the molecule is [B+2]c1ccc(-c2cccc3ccccc23)cc1.[OH-].[OH-]. The minimum absolute atomic E-state index is 0. The largest absolute Gasteiger partial charge is 0.870 e. The second kappa shape index (κ2) is 6.18. The van der Waals surface area contributed by atoms with Gasteiger partial charge in [-0.25, -0.2) is 0 Å². The van der Waals surface area contributed by atoms with Gasteiger partial charge >= 0.3 is 102 Å². The quantitative estimate of drug-likeness (QED) is 0.621. The number of rotatable bonds is 1. The Bertz CT molecular complexity index is 658. The average molecular weight is 248 g/mol. The first kappa shape index (κ1) is 15.0. The molecule has 0 atom stereocenters. The van der Waals surface area contributed by atoms with Crippen LogP contribution in [0.3, 0.4) is 0 Å². The van der Waals surface area contributed by atoms with Gasteiger partial charge in [0.1, 0.15) is 0 Å². The van der Waals surface area contributed by atoms with E-state index in [1.54, 1.807) is 0 Å². The number of hydrogen-bond acceptors (Lipinski definition) is 2. The maximum Gasteiger partial charge on any atom is -0.870 e. The predicted molar refractivity (Wildman–Crippen MR) is 78.6 cm³/mol. The molecule has 0 aliphatic rings. The number of hydrogen-bond donors (Lipinski definition) is 0. The van der Waals surface area contributed by atoms with E-state index < -0.39 is 0 Å². The van der Waals surface area contributed by atoms with Crippen molar-refractivity contribution in [3.05, 3.63) is 66.7 Å². The summed E-state index contributed by atoms with van der Waals surface area (Å²) in [4.78, 5) is 0. The van der Waals surface area contributed by atoms with Crippen LogP contribution in [0.4, 0.5) is 0 Å². The molecular formula is C16H13BO2. The van der Waals surface area contributed by atoms with E-state index in [9.17, 15) is 0 Å². The van der Waals surface area contributed by atoms with E-state index in [0.29, 0.717) is 0 Å². The van der Waals surface area contributed by atoms with Gasteiger partial charge in [-0.2, -0.15) is 0 Å². The maximum absolute atomic E-state index is 5.72. The van der Waals surface area contributed by atoms with Crippen molar-refractivity contribution in [2.75, 3.05) is 0 Å². The Labute approximate surface area is 113 Å². The zero-order chi connectivity index (χ0) is 11.7. The molecule has 0 unspecified atom stereocenters. The van der Waals surface area contributed by atoms with Crippen molar-refractivity contribution in [1.82, 2.24) is 0 Å². The van der Waals surface area contributed by atoms with Crippen molar-refractivity contribution >= 4 is 24.1 Å². The summed E-state index contributed by atoms with van der Waals surface area (Å²) in [5.41, 5.74) is 3.26. The molecule has 2 nitrogen and oxygen atoms in total. The molecule has 0 aliphatic heterocycles. The summed E-state index contributed by atoms with van der Waals surface area (Å²) in [5, 5.41) is 2.54. The van der Waals surface area contributed by atoms with E-state index >= 15 is 0 Å². The Hall–Kier alpha value is -2.10. The molecule has 0 aliphatic carbocycles. The fourth-order valence-electron chi connectivity index (χ4n) is 2.14. The van der Waals surface area contributed by atoms with E-state index in [0.717, 1.165) is 5.46 Å². The summed E-state index contributed by atoms with van der Waals surface area (Å²) >= 11 is 0. The molecule has 3 heteroatoms. The molecule has 3 rings (SSSR count). The van der Waals surface area contributed by atoms with Gasteiger partial charge in [-0.15, -0.1) is 0 Å². The molecule has 2 N–H and O–H groups in total. The molecule has 19 heavy (non-hydrogen) atoms. The molecular weight excluding hydrogens is 235 g/mol. The van der Waals surface area contributed by atoms with Crippen LogP contribution < -0.4 is 5.46 Å². The van der Waals surface area contributed by atoms with Gasteiger partial charge in [0.05, 0.1) is 0 Å².